The number of anilines is 1. The molecule has 2 aromatic heterocycles. The fraction of sp³-hybridized carbons (Fsp3) is 0.308. The monoisotopic (exact) mass is 350 g/mol. The average Bonchev–Trinajstić information content (AvgIpc) is 3.10. The number of aromatic nitrogens is 5. The highest BCUT2D eigenvalue weighted by atomic mass is 32.2. The van der Waals surface area contributed by atoms with Gasteiger partial charge in [-0.1, -0.05) is 23.1 Å². The van der Waals surface area contributed by atoms with Crippen molar-refractivity contribution in [3.05, 3.63) is 18.2 Å². The summed E-state index contributed by atoms with van der Waals surface area (Å²) >= 11 is 2.68. The van der Waals surface area contributed by atoms with Gasteiger partial charge in [0.15, 0.2) is 5.13 Å². The third kappa shape index (κ3) is 3.77. The fourth-order valence-corrected chi connectivity index (χ4v) is 3.40. The predicted octanol–water partition coefficient (Wildman–Crippen LogP) is 1.95. The van der Waals surface area contributed by atoms with Crippen LogP contribution in [0.1, 0.15) is 6.92 Å². The van der Waals surface area contributed by atoms with Crippen LogP contribution in [0.3, 0.4) is 0 Å². The highest BCUT2D eigenvalue weighted by Gasteiger charge is 2.11. The van der Waals surface area contributed by atoms with E-state index >= 15 is 0 Å². The van der Waals surface area contributed by atoms with Crippen molar-refractivity contribution in [3.63, 3.8) is 0 Å². The minimum absolute atomic E-state index is 0.151. The number of nitrogens with one attached hydrogen (secondary N) is 1. The van der Waals surface area contributed by atoms with Crippen LogP contribution >= 0.6 is 23.1 Å². The molecule has 0 bridgehead atoms. The van der Waals surface area contributed by atoms with Crippen LogP contribution in [0.25, 0.3) is 10.2 Å². The average molecular weight is 350 g/mol. The van der Waals surface area contributed by atoms with E-state index in [2.05, 4.69) is 25.8 Å². The first-order valence-corrected chi connectivity index (χ1v) is 8.64. The van der Waals surface area contributed by atoms with Crippen molar-refractivity contribution < 1.29 is 9.53 Å². The second kappa shape index (κ2) is 6.92. The minimum Gasteiger partial charge on any atom is -0.494 e. The fourth-order valence-electron chi connectivity index (χ4n) is 1.84. The van der Waals surface area contributed by atoms with E-state index in [1.807, 2.05) is 25.1 Å². The molecule has 0 atom stereocenters. The van der Waals surface area contributed by atoms with E-state index in [1.54, 1.807) is 7.05 Å². The highest BCUT2D eigenvalue weighted by molar-refractivity contribution is 7.99. The summed E-state index contributed by atoms with van der Waals surface area (Å²) in [6.07, 6.45) is 0. The van der Waals surface area contributed by atoms with Gasteiger partial charge in [-0.2, -0.15) is 0 Å². The number of thiazole rings is 1. The molecule has 0 unspecified atom stereocenters. The second-order valence-electron chi connectivity index (χ2n) is 4.50. The van der Waals surface area contributed by atoms with E-state index in [-0.39, 0.29) is 11.7 Å². The molecule has 1 aromatic carbocycles. The van der Waals surface area contributed by atoms with Crippen molar-refractivity contribution in [3.8, 4) is 5.75 Å². The number of carbonyl (C=O) groups is 1. The number of ether oxygens (including phenoxy) is 1. The zero-order chi connectivity index (χ0) is 16.2. The molecule has 3 rings (SSSR count). The Balaban J connectivity index is 1.64. The SMILES string of the molecule is CCOc1ccc2nc(NC(=O)CSc3nnnn3C)sc2c1. The molecule has 1 amide bonds. The normalized spacial score (nSPS) is 10.9. The van der Waals surface area contributed by atoms with E-state index in [0.29, 0.717) is 16.9 Å². The molecule has 0 aliphatic rings. The maximum atomic E-state index is 12.0. The number of thioether (sulfide) groups is 1. The van der Waals surface area contributed by atoms with Gasteiger partial charge in [0.25, 0.3) is 0 Å². The molecule has 0 radical (unpaired) electrons. The van der Waals surface area contributed by atoms with Gasteiger partial charge in [-0.05, 0) is 35.5 Å². The van der Waals surface area contributed by atoms with Gasteiger partial charge in [0, 0.05) is 7.05 Å². The summed E-state index contributed by atoms with van der Waals surface area (Å²) in [7, 11) is 1.73. The highest BCUT2D eigenvalue weighted by Crippen LogP contribution is 2.29. The van der Waals surface area contributed by atoms with Crippen molar-refractivity contribution >= 4 is 44.4 Å². The summed E-state index contributed by atoms with van der Waals surface area (Å²) in [4.78, 5) is 16.4. The lowest BCUT2D eigenvalue weighted by Gasteiger charge is -2.00. The molecule has 0 saturated carbocycles. The quantitative estimate of drug-likeness (QED) is 0.679. The molecule has 3 aromatic rings. The van der Waals surface area contributed by atoms with Crippen LogP contribution in [0.5, 0.6) is 5.75 Å². The molecule has 23 heavy (non-hydrogen) atoms. The molecular weight excluding hydrogens is 336 g/mol. The molecule has 8 nitrogen and oxygen atoms in total. The largest absolute Gasteiger partial charge is 0.494 e. The van der Waals surface area contributed by atoms with Crippen LogP contribution in [-0.2, 0) is 11.8 Å². The molecule has 0 saturated heterocycles. The maximum Gasteiger partial charge on any atom is 0.236 e. The van der Waals surface area contributed by atoms with Crippen LogP contribution in [0.2, 0.25) is 0 Å². The predicted molar refractivity (Wildman–Crippen MR) is 88.9 cm³/mol. The van der Waals surface area contributed by atoms with E-state index in [1.165, 1.54) is 27.8 Å². The molecule has 120 valence electrons. The topological polar surface area (TPSA) is 94.8 Å². The summed E-state index contributed by atoms with van der Waals surface area (Å²) in [5.74, 6) is 0.864. The molecular formula is C13H14N6O2S2. The van der Waals surface area contributed by atoms with Crippen molar-refractivity contribution in [1.82, 2.24) is 25.2 Å². The van der Waals surface area contributed by atoms with Crippen LogP contribution in [-0.4, -0.2) is 43.5 Å². The number of hydrogen-bond acceptors (Lipinski definition) is 8. The van der Waals surface area contributed by atoms with Gasteiger partial charge in [-0.15, -0.1) is 5.10 Å². The molecule has 10 heteroatoms. The number of amides is 1. The smallest absolute Gasteiger partial charge is 0.236 e. The van der Waals surface area contributed by atoms with Gasteiger partial charge in [0.2, 0.25) is 11.1 Å². The first-order valence-electron chi connectivity index (χ1n) is 6.84. The van der Waals surface area contributed by atoms with Gasteiger partial charge in [0.05, 0.1) is 22.6 Å². The van der Waals surface area contributed by atoms with Crippen molar-refractivity contribution in [2.45, 2.75) is 12.1 Å². The summed E-state index contributed by atoms with van der Waals surface area (Å²) in [5, 5.41) is 15.0. The Bertz CT molecular complexity index is 831. The Morgan fingerprint density at radius 1 is 1.48 bits per heavy atom. The number of hydrogen-bond donors (Lipinski definition) is 1. The third-order valence-corrected chi connectivity index (χ3v) is 4.78. The summed E-state index contributed by atoms with van der Waals surface area (Å²) < 4.78 is 7.95. The van der Waals surface area contributed by atoms with E-state index in [0.717, 1.165) is 16.0 Å². The number of nitrogens with zero attached hydrogens (tertiary/aromatic N) is 5. The number of tetrazole rings is 1. The van der Waals surface area contributed by atoms with Gasteiger partial charge in [-0.3, -0.25) is 4.79 Å². The molecule has 0 aliphatic heterocycles. The lowest BCUT2D eigenvalue weighted by atomic mass is 10.3. The maximum absolute atomic E-state index is 12.0. The standard InChI is InChI=1S/C13H14N6O2S2/c1-3-21-8-4-5-9-10(6-8)23-12(14-9)15-11(20)7-22-13-16-17-18-19(13)2/h4-6H,3,7H2,1-2H3,(H,14,15,20). The zero-order valence-electron chi connectivity index (χ0n) is 12.5. The number of benzene rings is 1. The van der Waals surface area contributed by atoms with Gasteiger partial charge in [0.1, 0.15) is 5.75 Å². The second-order valence-corrected chi connectivity index (χ2v) is 6.48. The van der Waals surface area contributed by atoms with E-state index in [9.17, 15) is 4.79 Å². The van der Waals surface area contributed by atoms with E-state index in [4.69, 9.17) is 4.74 Å². The first-order chi connectivity index (χ1) is 11.2. The van der Waals surface area contributed by atoms with Gasteiger partial charge >= 0.3 is 0 Å². The molecule has 0 aliphatic carbocycles. The summed E-state index contributed by atoms with van der Waals surface area (Å²) in [5.41, 5.74) is 0.832. The lowest BCUT2D eigenvalue weighted by Crippen LogP contribution is -2.14. The Morgan fingerprint density at radius 3 is 3.09 bits per heavy atom. The minimum atomic E-state index is -0.151. The van der Waals surface area contributed by atoms with Crippen LogP contribution in [0.4, 0.5) is 5.13 Å². The van der Waals surface area contributed by atoms with Gasteiger partial charge < -0.3 is 10.1 Å². The number of fused-ring (bicyclic) bond motifs is 1. The zero-order valence-corrected chi connectivity index (χ0v) is 14.1. The number of aryl methyl sites for hydroxylation is 1. The molecule has 2 heterocycles. The summed E-state index contributed by atoms with van der Waals surface area (Å²) in [6, 6.07) is 5.67. The third-order valence-electron chi connectivity index (χ3n) is 2.83. The lowest BCUT2D eigenvalue weighted by molar-refractivity contribution is -0.113. The Labute approximate surface area is 140 Å². The Hall–Kier alpha value is -2.20. The van der Waals surface area contributed by atoms with Crippen molar-refractivity contribution in [2.24, 2.45) is 7.05 Å². The molecule has 0 fully saturated rings. The first kappa shape index (κ1) is 15.7. The number of rotatable bonds is 6. The van der Waals surface area contributed by atoms with Crippen LogP contribution in [0, 0.1) is 0 Å². The summed E-state index contributed by atoms with van der Waals surface area (Å²) in [6.45, 7) is 2.55. The van der Waals surface area contributed by atoms with Crippen molar-refractivity contribution in [2.75, 3.05) is 17.7 Å². The Morgan fingerprint density at radius 2 is 2.35 bits per heavy atom. The molecule has 0 spiro atoms. The molecule has 1 N–H and O–H groups in total. The Kier molecular flexibility index (Phi) is 4.72. The number of carbonyl (C=O) groups excluding carboxylic acids is 1. The van der Waals surface area contributed by atoms with Gasteiger partial charge in [-0.25, -0.2) is 9.67 Å². The van der Waals surface area contributed by atoms with Crippen molar-refractivity contribution in [1.29, 1.82) is 0 Å². The van der Waals surface area contributed by atoms with E-state index < -0.39 is 0 Å². The van der Waals surface area contributed by atoms with Crippen LogP contribution < -0.4 is 10.1 Å². The van der Waals surface area contributed by atoms with Crippen LogP contribution in [0.15, 0.2) is 23.4 Å².